The highest BCUT2D eigenvalue weighted by Crippen LogP contribution is 2.34. The van der Waals surface area contributed by atoms with E-state index >= 15 is 0 Å². The molecule has 3 rings (SSSR count). The minimum atomic E-state index is -0.340. The summed E-state index contributed by atoms with van der Waals surface area (Å²) in [4.78, 5) is 20.5. The van der Waals surface area contributed by atoms with Crippen molar-refractivity contribution < 1.29 is 19.0 Å². The van der Waals surface area contributed by atoms with Gasteiger partial charge < -0.3 is 24.8 Å². The summed E-state index contributed by atoms with van der Waals surface area (Å²) in [6.07, 6.45) is 3.83. The Morgan fingerprint density at radius 1 is 1.25 bits per heavy atom. The number of nitrogens with one attached hydrogen (secondary N) is 2. The first kappa shape index (κ1) is 16.0. The van der Waals surface area contributed by atoms with Crippen LogP contribution in [0.15, 0.2) is 30.6 Å². The van der Waals surface area contributed by atoms with Crippen molar-refractivity contribution in [3.63, 3.8) is 0 Å². The van der Waals surface area contributed by atoms with Crippen LogP contribution in [0.5, 0.6) is 11.5 Å². The Bertz CT molecular complexity index is 706. The van der Waals surface area contributed by atoms with Crippen LogP contribution < -0.4 is 20.1 Å². The zero-order valence-electron chi connectivity index (χ0n) is 13.2. The van der Waals surface area contributed by atoms with E-state index in [1.54, 1.807) is 25.3 Å². The van der Waals surface area contributed by atoms with Gasteiger partial charge in [-0.25, -0.2) is 9.97 Å². The van der Waals surface area contributed by atoms with Crippen LogP contribution in [0.2, 0.25) is 0 Å². The van der Waals surface area contributed by atoms with Crippen molar-refractivity contribution in [1.29, 1.82) is 0 Å². The third-order valence-electron chi connectivity index (χ3n) is 3.35. The van der Waals surface area contributed by atoms with E-state index in [9.17, 15) is 4.79 Å². The number of carbonyl (C=O) groups excluding carboxylic acids is 1. The number of amides is 1. The van der Waals surface area contributed by atoms with Crippen molar-refractivity contribution in [2.75, 3.05) is 37.7 Å². The van der Waals surface area contributed by atoms with Gasteiger partial charge in [-0.15, -0.1) is 0 Å². The second kappa shape index (κ2) is 7.60. The molecule has 0 fully saturated rings. The molecule has 0 atom stereocenters. The van der Waals surface area contributed by atoms with Crippen LogP contribution in [0.4, 0.5) is 11.5 Å². The molecule has 8 heteroatoms. The largest absolute Gasteiger partial charge is 0.454 e. The standard InChI is InChI=1S/C16H18N4O4/c1-22-6-2-5-17-15-9-18-12(8-19-15)16(21)20-11-3-4-13-14(7-11)24-10-23-13/h3-4,7-9H,2,5-6,10H2,1H3,(H,17,19)(H,20,21). The van der Waals surface area contributed by atoms with E-state index in [4.69, 9.17) is 14.2 Å². The Labute approximate surface area is 139 Å². The average molecular weight is 330 g/mol. The monoisotopic (exact) mass is 330 g/mol. The van der Waals surface area contributed by atoms with E-state index in [0.29, 0.717) is 29.6 Å². The zero-order valence-corrected chi connectivity index (χ0v) is 13.2. The van der Waals surface area contributed by atoms with Gasteiger partial charge in [0.25, 0.3) is 5.91 Å². The van der Waals surface area contributed by atoms with Gasteiger partial charge in [-0.2, -0.15) is 0 Å². The molecule has 126 valence electrons. The van der Waals surface area contributed by atoms with Crippen LogP contribution in [-0.4, -0.2) is 42.9 Å². The van der Waals surface area contributed by atoms with Crippen molar-refractivity contribution in [3.8, 4) is 11.5 Å². The molecule has 1 amide bonds. The number of hydrogen-bond acceptors (Lipinski definition) is 7. The number of carbonyl (C=O) groups is 1. The van der Waals surface area contributed by atoms with Crippen LogP contribution in [-0.2, 0) is 4.74 Å². The number of nitrogens with zero attached hydrogens (tertiary/aromatic N) is 2. The zero-order chi connectivity index (χ0) is 16.8. The molecule has 0 spiro atoms. The van der Waals surface area contributed by atoms with Gasteiger partial charge in [0.15, 0.2) is 11.5 Å². The number of hydrogen-bond donors (Lipinski definition) is 2. The lowest BCUT2D eigenvalue weighted by Gasteiger charge is -2.07. The molecule has 0 bridgehead atoms. The summed E-state index contributed by atoms with van der Waals surface area (Å²) in [5.74, 6) is 1.55. The van der Waals surface area contributed by atoms with Gasteiger partial charge in [-0.05, 0) is 18.6 Å². The molecule has 2 N–H and O–H groups in total. The number of aromatic nitrogens is 2. The van der Waals surface area contributed by atoms with E-state index in [1.165, 1.54) is 12.4 Å². The summed E-state index contributed by atoms with van der Waals surface area (Å²) in [5.41, 5.74) is 0.836. The first-order chi connectivity index (χ1) is 11.8. The maximum Gasteiger partial charge on any atom is 0.275 e. The number of methoxy groups -OCH3 is 1. The lowest BCUT2D eigenvalue weighted by Crippen LogP contribution is -2.14. The number of rotatable bonds is 7. The lowest BCUT2D eigenvalue weighted by molar-refractivity contribution is 0.102. The maximum absolute atomic E-state index is 12.2. The van der Waals surface area contributed by atoms with Crippen molar-refractivity contribution in [3.05, 3.63) is 36.3 Å². The molecule has 0 aliphatic carbocycles. The average Bonchev–Trinajstić information content (AvgIpc) is 3.07. The third kappa shape index (κ3) is 3.90. The van der Waals surface area contributed by atoms with Crippen molar-refractivity contribution >= 4 is 17.4 Å². The van der Waals surface area contributed by atoms with Crippen LogP contribution in [0.3, 0.4) is 0 Å². The van der Waals surface area contributed by atoms with Gasteiger partial charge in [-0.3, -0.25) is 4.79 Å². The Morgan fingerprint density at radius 3 is 2.92 bits per heavy atom. The molecule has 1 aromatic heterocycles. The minimum absolute atomic E-state index is 0.192. The van der Waals surface area contributed by atoms with Crippen molar-refractivity contribution in [1.82, 2.24) is 9.97 Å². The Hall–Kier alpha value is -2.87. The Balaban J connectivity index is 1.57. The number of benzene rings is 1. The maximum atomic E-state index is 12.2. The van der Waals surface area contributed by atoms with E-state index in [-0.39, 0.29) is 18.4 Å². The van der Waals surface area contributed by atoms with Gasteiger partial charge in [-0.1, -0.05) is 0 Å². The molecular formula is C16H18N4O4. The van der Waals surface area contributed by atoms with Gasteiger partial charge in [0.1, 0.15) is 11.5 Å². The number of anilines is 2. The molecule has 24 heavy (non-hydrogen) atoms. The molecule has 0 saturated heterocycles. The molecule has 0 unspecified atom stereocenters. The smallest absolute Gasteiger partial charge is 0.275 e. The molecule has 0 radical (unpaired) electrons. The van der Waals surface area contributed by atoms with Gasteiger partial charge in [0, 0.05) is 32.0 Å². The number of fused-ring (bicyclic) bond motifs is 1. The fourth-order valence-electron chi connectivity index (χ4n) is 2.14. The van der Waals surface area contributed by atoms with Gasteiger partial charge in [0.2, 0.25) is 6.79 Å². The summed E-state index contributed by atoms with van der Waals surface area (Å²) in [6.45, 7) is 1.60. The SMILES string of the molecule is COCCCNc1cnc(C(=O)Nc2ccc3c(c2)OCO3)cn1. The van der Waals surface area contributed by atoms with E-state index in [0.717, 1.165) is 13.0 Å². The first-order valence-corrected chi connectivity index (χ1v) is 7.52. The fraction of sp³-hybridized carbons (Fsp3) is 0.312. The Kier molecular flexibility index (Phi) is 5.07. The summed E-state index contributed by atoms with van der Waals surface area (Å²) in [6, 6.07) is 5.20. The fourth-order valence-corrected chi connectivity index (χ4v) is 2.14. The van der Waals surface area contributed by atoms with E-state index < -0.39 is 0 Å². The van der Waals surface area contributed by atoms with E-state index in [2.05, 4.69) is 20.6 Å². The van der Waals surface area contributed by atoms with Crippen LogP contribution in [0, 0.1) is 0 Å². The highest BCUT2D eigenvalue weighted by Gasteiger charge is 2.15. The van der Waals surface area contributed by atoms with Gasteiger partial charge in [0.05, 0.1) is 12.4 Å². The second-order valence-electron chi connectivity index (χ2n) is 5.08. The summed E-state index contributed by atoms with van der Waals surface area (Å²) >= 11 is 0. The highest BCUT2D eigenvalue weighted by molar-refractivity contribution is 6.02. The molecule has 1 aromatic carbocycles. The lowest BCUT2D eigenvalue weighted by atomic mass is 10.2. The second-order valence-corrected chi connectivity index (χ2v) is 5.08. The predicted octanol–water partition coefficient (Wildman–Crippen LogP) is 1.91. The van der Waals surface area contributed by atoms with Crippen molar-refractivity contribution in [2.45, 2.75) is 6.42 Å². The summed E-state index contributed by atoms with van der Waals surface area (Å²) in [5, 5.41) is 5.86. The summed E-state index contributed by atoms with van der Waals surface area (Å²) < 4.78 is 15.5. The first-order valence-electron chi connectivity index (χ1n) is 7.52. The quantitative estimate of drug-likeness (QED) is 0.749. The molecule has 2 heterocycles. The summed E-state index contributed by atoms with van der Waals surface area (Å²) in [7, 11) is 1.66. The predicted molar refractivity (Wildman–Crippen MR) is 87.5 cm³/mol. The normalized spacial score (nSPS) is 12.0. The molecule has 8 nitrogen and oxygen atoms in total. The van der Waals surface area contributed by atoms with E-state index in [1.807, 2.05) is 0 Å². The number of ether oxygens (including phenoxy) is 3. The Morgan fingerprint density at radius 2 is 2.12 bits per heavy atom. The van der Waals surface area contributed by atoms with Crippen LogP contribution in [0.25, 0.3) is 0 Å². The molecule has 1 aliphatic rings. The minimum Gasteiger partial charge on any atom is -0.454 e. The highest BCUT2D eigenvalue weighted by atomic mass is 16.7. The van der Waals surface area contributed by atoms with Crippen LogP contribution in [0.1, 0.15) is 16.9 Å². The molecule has 1 aliphatic heterocycles. The topological polar surface area (TPSA) is 94.6 Å². The molecule has 0 saturated carbocycles. The third-order valence-corrected chi connectivity index (χ3v) is 3.35. The van der Waals surface area contributed by atoms with Crippen LogP contribution >= 0.6 is 0 Å². The molecular weight excluding hydrogens is 312 g/mol. The van der Waals surface area contributed by atoms with Gasteiger partial charge >= 0.3 is 0 Å². The van der Waals surface area contributed by atoms with Crippen molar-refractivity contribution in [2.24, 2.45) is 0 Å². The molecule has 2 aromatic rings.